The minimum absolute atomic E-state index is 0.000511. The van der Waals surface area contributed by atoms with Gasteiger partial charge in [0.15, 0.2) is 17.2 Å². The van der Waals surface area contributed by atoms with Crippen LogP contribution in [0.25, 0.3) is 17.8 Å². The summed E-state index contributed by atoms with van der Waals surface area (Å²) >= 11 is 0. The number of hydrogen-bond donors (Lipinski definition) is 0. The largest absolute Gasteiger partial charge is 0.493 e. The molecule has 6 heteroatoms. The number of fused-ring (bicyclic) bond motifs is 1. The molecule has 3 aromatic rings. The van der Waals surface area contributed by atoms with Crippen molar-refractivity contribution in [1.29, 1.82) is 0 Å². The number of pyridine rings is 1. The summed E-state index contributed by atoms with van der Waals surface area (Å²) in [5, 5.41) is 0. The average molecular weight is 408 g/mol. The van der Waals surface area contributed by atoms with Crippen molar-refractivity contribution in [1.82, 2.24) is 9.38 Å². The van der Waals surface area contributed by atoms with Gasteiger partial charge in [-0.1, -0.05) is 39.0 Å². The predicted molar refractivity (Wildman–Crippen MR) is 118 cm³/mol. The van der Waals surface area contributed by atoms with Gasteiger partial charge < -0.3 is 14.2 Å². The summed E-state index contributed by atoms with van der Waals surface area (Å²) in [6, 6.07) is 11.3. The molecule has 0 fully saturated rings. The minimum Gasteiger partial charge on any atom is -0.493 e. The van der Waals surface area contributed by atoms with Crippen LogP contribution in [0.3, 0.4) is 0 Å². The van der Waals surface area contributed by atoms with Crippen LogP contribution < -0.4 is 9.47 Å². The van der Waals surface area contributed by atoms with E-state index in [1.165, 1.54) is 0 Å². The second-order valence-corrected chi connectivity index (χ2v) is 8.06. The Hall–Kier alpha value is -3.28. The second-order valence-electron chi connectivity index (χ2n) is 8.06. The van der Waals surface area contributed by atoms with Gasteiger partial charge in [-0.05, 0) is 42.7 Å². The Morgan fingerprint density at radius 1 is 1.13 bits per heavy atom. The summed E-state index contributed by atoms with van der Waals surface area (Å²) in [5.74, 6) is 0.903. The Morgan fingerprint density at radius 3 is 2.63 bits per heavy atom. The SMILES string of the molecule is CCOC(=O)c1c(C=Cc2cccc(OC)c2OCC(C)(C)C)nc2ccccn12. The molecule has 0 aliphatic carbocycles. The van der Waals surface area contributed by atoms with Crippen LogP contribution in [0.1, 0.15) is 49.4 Å². The molecule has 0 radical (unpaired) electrons. The molecule has 6 nitrogen and oxygen atoms in total. The van der Waals surface area contributed by atoms with Crippen molar-refractivity contribution < 1.29 is 19.0 Å². The highest BCUT2D eigenvalue weighted by molar-refractivity contribution is 5.94. The number of hydrogen-bond acceptors (Lipinski definition) is 5. The first-order chi connectivity index (χ1) is 14.3. The van der Waals surface area contributed by atoms with E-state index in [1.807, 2.05) is 42.5 Å². The molecule has 158 valence electrons. The summed E-state index contributed by atoms with van der Waals surface area (Å²) in [6.07, 6.45) is 5.48. The normalized spacial score (nSPS) is 11.8. The average Bonchev–Trinajstić information content (AvgIpc) is 3.08. The monoisotopic (exact) mass is 408 g/mol. The fraction of sp³-hybridized carbons (Fsp3) is 0.333. The highest BCUT2D eigenvalue weighted by atomic mass is 16.5. The molecular formula is C24H28N2O4. The molecule has 0 spiro atoms. The van der Waals surface area contributed by atoms with Crippen molar-refractivity contribution in [2.45, 2.75) is 27.7 Å². The van der Waals surface area contributed by atoms with E-state index in [9.17, 15) is 4.79 Å². The highest BCUT2D eigenvalue weighted by Crippen LogP contribution is 2.34. The molecule has 0 saturated heterocycles. The molecule has 0 amide bonds. The van der Waals surface area contributed by atoms with Crippen LogP contribution in [0.15, 0.2) is 42.6 Å². The fourth-order valence-corrected chi connectivity index (χ4v) is 2.97. The third-order valence-corrected chi connectivity index (χ3v) is 4.33. The highest BCUT2D eigenvalue weighted by Gasteiger charge is 2.19. The van der Waals surface area contributed by atoms with Crippen LogP contribution >= 0.6 is 0 Å². The fourth-order valence-electron chi connectivity index (χ4n) is 2.97. The van der Waals surface area contributed by atoms with Crippen molar-refractivity contribution in [2.75, 3.05) is 20.3 Å². The summed E-state index contributed by atoms with van der Waals surface area (Å²) in [7, 11) is 1.62. The number of para-hydroxylation sites is 1. The number of nitrogens with zero attached hydrogens (tertiary/aromatic N) is 2. The second kappa shape index (κ2) is 9.03. The number of ether oxygens (including phenoxy) is 3. The Morgan fingerprint density at radius 2 is 1.93 bits per heavy atom. The minimum atomic E-state index is -0.411. The summed E-state index contributed by atoms with van der Waals surface area (Å²) in [4.78, 5) is 17.2. The van der Waals surface area contributed by atoms with Crippen LogP contribution in [-0.4, -0.2) is 35.7 Å². The van der Waals surface area contributed by atoms with E-state index in [-0.39, 0.29) is 5.41 Å². The first kappa shape index (κ1) is 21.4. The molecule has 2 heterocycles. The van der Waals surface area contributed by atoms with Gasteiger partial charge >= 0.3 is 5.97 Å². The van der Waals surface area contributed by atoms with Crippen LogP contribution in [-0.2, 0) is 4.74 Å². The quantitative estimate of drug-likeness (QED) is 0.508. The molecule has 0 aliphatic heterocycles. The third kappa shape index (κ3) is 4.82. The molecule has 0 aliphatic rings. The van der Waals surface area contributed by atoms with Crippen LogP contribution in [0.2, 0.25) is 0 Å². The zero-order chi connectivity index (χ0) is 21.7. The first-order valence-corrected chi connectivity index (χ1v) is 9.96. The Labute approximate surface area is 177 Å². The maximum Gasteiger partial charge on any atom is 0.357 e. The number of carbonyl (C=O) groups excluding carboxylic acids is 1. The predicted octanol–water partition coefficient (Wildman–Crippen LogP) is 5.11. The lowest BCUT2D eigenvalue weighted by Crippen LogP contribution is -2.17. The van der Waals surface area contributed by atoms with Crippen molar-refractivity contribution in [3.63, 3.8) is 0 Å². The van der Waals surface area contributed by atoms with E-state index >= 15 is 0 Å². The van der Waals surface area contributed by atoms with Gasteiger partial charge in [0.05, 0.1) is 26.0 Å². The van der Waals surface area contributed by atoms with Crippen molar-refractivity contribution >= 4 is 23.8 Å². The van der Waals surface area contributed by atoms with E-state index in [0.29, 0.717) is 41.7 Å². The number of carbonyl (C=O) groups is 1. The van der Waals surface area contributed by atoms with Gasteiger partial charge in [0.25, 0.3) is 0 Å². The standard InChI is InChI=1S/C24H28N2O4/c1-6-29-23(27)21-18(25-20-12-7-8-15-26(20)21)14-13-17-10-9-11-19(28-5)22(17)30-16-24(2,3)4/h7-15H,6,16H2,1-5H3. The lowest BCUT2D eigenvalue weighted by molar-refractivity contribution is 0.0518. The number of imidazole rings is 1. The number of benzene rings is 1. The van der Waals surface area contributed by atoms with E-state index in [0.717, 1.165) is 5.56 Å². The number of aromatic nitrogens is 2. The Bertz CT molecular complexity index is 1060. The molecule has 0 saturated carbocycles. The molecule has 0 N–H and O–H groups in total. The topological polar surface area (TPSA) is 62.1 Å². The summed E-state index contributed by atoms with van der Waals surface area (Å²) in [6.45, 7) is 8.95. The van der Waals surface area contributed by atoms with E-state index in [4.69, 9.17) is 14.2 Å². The molecule has 0 atom stereocenters. The van der Waals surface area contributed by atoms with Crippen LogP contribution in [0.4, 0.5) is 0 Å². The summed E-state index contributed by atoms with van der Waals surface area (Å²) < 4.78 is 18.6. The number of methoxy groups -OCH3 is 1. The first-order valence-electron chi connectivity index (χ1n) is 9.96. The molecular weight excluding hydrogens is 380 g/mol. The molecule has 30 heavy (non-hydrogen) atoms. The van der Waals surface area contributed by atoms with Gasteiger partial charge in [-0.2, -0.15) is 0 Å². The van der Waals surface area contributed by atoms with Gasteiger partial charge in [0, 0.05) is 11.8 Å². The van der Waals surface area contributed by atoms with E-state index in [1.54, 1.807) is 30.7 Å². The van der Waals surface area contributed by atoms with Crippen molar-refractivity contribution in [2.24, 2.45) is 5.41 Å². The third-order valence-electron chi connectivity index (χ3n) is 4.33. The van der Waals surface area contributed by atoms with Crippen LogP contribution in [0.5, 0.6) is 11.5 Å². The van der Waals surface area contributed by atoms with Crippen molar-refractivity contribution in [3.05, 3.63) is 59.5 Å². The zero-order valence-electron chi connectivity index (χ0n) is 18.1. The maximum absolute atomic E-state index is 12.6. The molecule has 0 bridgehead atoms. The Kier molecular flexibility index (Phi) is 6.45. The van der Waals surface area contributed by atoms with Crippen molar-refractivity contribution in [3.8, 4) is 11.5 Å². The van der Waals surface area contributed by atoms with E-state index < -0.39 is 5.97 Å². The lowest BCUT2D eigenvalue weighted by atomic mass is 9.98. The number of rotatable bonds is 7. The molecule has 3 rings (SSSR count). The zero-order valence-corrected chi connectivity index (χ0v) is 18.1. The number of esters is 1. The summed E-state index contributed by atoms with van der Waals surface area (Å²) in [5.41, 5.74) is 2.44. The van der Waals surface area contributed by atoms with E-state index in [2.05, 4.69) is 25.8 Å². The smallest absolute Gasteiger partial charge is 0.357 e. The van der Waals surface area contributed by atoms with Gasteiger partial charge in [-0.25, -0.2) is 9.78 Å². The van der Waals surface area contributed by atoms with Crippen LogP contribution in [0, 0.1) is 5.41 Å². The van der Waals surface area contributed by atoms with Gasteiger partial charge in [-0.3, -0.25) is 4.40 Å². The van der Waals surface area contributed by atoms with Gasteiger partial charge in [0.2, 0.25) is 0 Å². The molecule has 1 aromatic carbocycles. The molecule has 0 unspecified atom stereocenters. The lowest BCUT2D eigenvalue weighted by Gasteiger charge is -2.21. The Balaban J connectivity index is 2.03. The van der Waals surface area contributed by atoms with Gasteiger partial charge in [-0.15, -0.1) is 0 Å². The van der Waals surface area contributed by atoms with Gasteiger partial charge in [0.1, 0.15) is 5.65 Å². The molecule has 2 aromatic heterocycles. The maximum atomic E-state index is 12.6.